The molecule has 3 nitrogen and oxygen atoms in total. The molecule has 0 amide bonds. The van der Waals surface area contributed by atoms with Crippen molar-refractivity contribution in [2.24, 2.45) is 10.9 Å². The number of fused-ring (bicyclic) bond motifs is 1. The quantitative estimate of drug-likeness (QED) is 0.773. The topological polar surface area (TPSA) is 18.8 Å². The summed E-state index contributed by atoms with van der Waals surface area (Å²) in [6, 6.07) is 0. The van der Waals surface area contributed by atoms with E-state index in [0.29, 0.717) is 0 Å². The van der Waals surface area contributed by atoms with Crippen LogP contribution in [0.1, 0.15) is 30.7 Å². The van der Waals surface area contributed by atoms with Crippen LogP contribution in [0.25, 0.3) is 12.4 Å². The fourth-order valence-electron chi connectivity index (χ4n) is 3.51. The second-order valence-corrected chi connectivity index (χ2v) is 7.84. The third-order valence-electron chi connectivity index (χ3n) is 4.86. The smallest absolute Gasteiger partial charge is 0.137 e. The number of hydrogen-bond donors (Lipinski definition) is 0. The van der Waals surface area contributed by atoms with Crippen LogP contribution in [-0.4, -0.2) is 49.2 Å². The Hall–Kier alpha value is -1.13. The van der Waals surface area contributed by atoms with Gasteiger partial charge in [-0.3, -0.25) is 0 Å². The van der Waals surface area contributed by atoms with Crippen molar-refractivity contribution in [2.45, 2.75) is 33.1 Å². The van der Waals surface area contributed by atoms with Crippen molar-refractivity contribution in [1.29, 1.82) is 0 Å². The number of aliphatic imine (C=N–C) groups is 1. The molecule has 1 aromatic rings. The average molecular weight is 318 g/mol. The molecule has 0 spiro atoms. The van der Waals surface area contributed by atoms with Crippen molar-refractivity contribution in [3.63, 3.8) is 0 Å². The summed E-state index contributed by atoms with van der Waals surface area (Å²) in [7, 11) is 2.20. The van der Waals surface area contributed by atoms with Crippen molar-refractivity contribution in [3.8, 4) is 0 Å². The lowest BCUT2D eigenvalue weighted by Crippen LogP contribution is -2.45. The van der Waals surface area contributed by atoms with Gasteiger partial charge >= 0.3 is 0 Å². The molecule has 2 heterocycles. The summed E-state index contributed by atoms with van der Waals surface area (Å²) in [4.78, 5) is 11.2. The van der Waals surface area contributed by atoms with Crippen LogP contribution in [0.4, 0.5) is 0 Å². The molecule has 1 atom stereocenters. The van der Waals surface area contributed by atoms with Crippen LogP contribution < -0.4 is 9.75 Å². The monoisotopic (exact) mass is 317 g/mol. The molecule has 0 bridgehead atoms. The average Bonchev–Trinajstić information content (AvgIpc) is 2.81. The first-order valence-electron chi connectivity index (χ1n) is 8.36. The molecular weight excluding hydrogens is 290 g/mol. The Balaban J connectivity index is 2.10. The molecule has 3 rings (SSSR count). The van der Waals surface area contributed by atoms with E-state index in [1.54, 1.807) is 4.88 Å². The minimum absolute atomic E-state index is 0.806. The van der Waals surface area contributed by atoms with E-state index in [1.807, 2.05) is 24.5 Å². The van der Waals surface area contributed by atoms with Crippen molar-refractivity contribution in [2.75, 3.05) is 33.2 Å². The second kappa shape index (κ2) is 6.55. The number of nitrogens with zero attached hydrogens (tertiary/aromatic N) is 3. The minimum Gasteiger partial charge on any atom is -0.354 e. The van der Waals surface area contributed by atoms with Crippen molar-refractivity contribution < 1.29 is 0 Å². The predicted molar refractivity (Wildman–Crippen MR) is 96.9 cm³/mol. The highest BCUT2D eigenvalue weighted by molar-refractivity contribution is 7.10. The van der Waals surface area contributed by atoms with Crippen LogP contribution in [0.15, 0.2) is 4.99 Å². The van der Waals surface area contributed by atoms with Crippen molar-refractivity contribution >= 4 is 30.0 Å². The fraction of sp³-hybridized carbons (Fsp3) is 0.611. The molecule has 0 aromatic carbocycles. The lowest BCUT2D eigenvalue weighted by atomic mass is 9.89. The van der Waals surface area contributed by atoms with E-state index in [4.69, 9.17) is 4.99 Å². The summed E-state index contributed by atoms with van der Waals surface area (Å²) in [5.41, 5.74) is 1.53. The first kappa shape index (κ1) is 15.8. The maximum atomic E-state index is 4.77. The van der Waals surface area contributed by atoms with Gasteiger partial charge < -0.3 is 9.80 Å². The molecule has 22 heavy (non-hydrogen) atoms. The van der Waals surface area contributed by atoms with E-state index in [-0.39, 0.29) is 0 Å². The SMILES string of the molecule is C=c1sc2c(/c1=C(/N=C\C)N1CCN(C)CC1)CCC(C)C2. The van der Waals surface area contributed by atoms with Crippen molar-refractivity contribution in [1.82, 2.24) is 9.80 Å². The number of likely N-dealkylation sites (N-methyl/N-ethyl adjacent to an activating group) is 1. The molecule has 1 aliphatic carbocycles. The molecule has 1 fully saturated rings. The first-order chi connectivity index (χ1) is 10.6. The first-order valence-corrected chi connectivity index (χ1v) is 9.17. The van der Waals surface area contributed by atoms with Gasteiger partial charge in [0, 0.05) is 47.0 Å². The van der Waals surface area contributed by atoms with Gasteiger partial charge in [-0.25, -0.2) is 4.99 Å². The maximum Gasteiger partial charge on any atom is 0.137 e. The molecule has 120 valence electrons. The van der Waals surface area contributed by atoms with Gasteiger partial charge in [-0.1, -0.05) is 13.5 Å². The number of piperazine rings is 1. The molecular formula is C18H27N3S. The molecule has 1 unspecified atom stereocenters. The highest BCUT2D eigenvalue weighted by Gasteiger charge is 2.23. The molecule has 1 aromatic heterocycles. The molecule has 0 radical (unpaired) electrons. The Morgan fingerprint density at radius 2 is 2.05 bits per heavy atom. The van der Waals surface area contributed by atoms with Gasteiger partial charge in [0.2, 0.25) is 0 Å². The third kappa shape index (κ3) is 2.99. The Kier molecular flexibility index (Phi) is 4.69. The van der Waals surface area contributed by atoms with Gasteiger partial charge in [-0.05, 0) is 44.7 Å². The van der Waals surface area contributed by atoms with Gasteiger partial charge in [0.1, 0.15) is 5.82 Å². The third-order valence-corrected chi connectivity index (χ3v) is 5.97. The number of thiophene rings is 1. The summed E-state index contributed by atoms with van der Waals surface area (Å²) in [6.07, 6.45) is 5.63. The fourth-order valence-corrected chi connectivity index (χ4v) is 4.82. The minimum atomic E-state index is 0.806. The van der Waals surface area contributed by atoms with E-state index in [2.05, 4.69) is 30.4 Å². The van der Waals surface area contributed by atoms with Crippen LogP contribution in [0.2, 0.25) is 0 Å². The zero-order valence-corrected chi connectivity index (χ0v) is 14.9. The molecule has 0 saturated carbocycles. The van der Waals surface area contributed by atoms with Crippen molar-refractivity contribution in [3.05, 3.63) is 20.2 Å². The Morgan fingerprint density at radius 3 is 2.73 bits per heavy atom. The molecule has 1 aliphatic heterocycles. The van der Waals surface area contributed by atoms with Gasteiger partial charge in [0.05, 0.1) is 0 Å². The van der Waals surface area contributed by atoms with Crippen LogP contribution in [0.5, 0.6) is 0 Å². The zero-order chi connectivity index (χ0) is 15.7. The highest BCUT2D eigenvalue weighted by atomic mass is 32.1. The van der Waals surface area contributed by atoms with Gasteiger partial charge in [-0.2, -0.15) is 0 Å². The molecule has 2 aliphatic rings. The maximum absolute atomic E-state index is 4.77. The lowest BCUT2D eigenvalue weighted by molar-refractivity contribution is 0.204. The molecule has 1 saturated heterocycles. The van der Waals surface area contributed by atoms with Crippen LogP contribution in [-0.2, 0) is 12.8 Å². The Labute approximate surface area is 137 Å². The summed E-state index contributed by atoms with van der Waals surface area (Å²) in [5, 5.41) is 1.34. The highest BCUT2D eigenvalue weighted by Crippen LogP contribution is 2.25. The Bertz CT molecular complexity index is 665. The molecule has 4 heteroatoms. The molecule has 0 N–H and O–H groups in total. The van der Waals surface area contributed by atoms with Crippen LogP contribution >= 0.6 is 11.3 Å². The van der Waals surface area contributed by atoms with E-state index < -0.39 is 0 Å². The normalized spacial score (nSPS) is 24.7. The van der Waals surface area contributed by atoms with Gasteiger partial charge in [0.15, 0.2) is 0 Å². The Morgan fingerprint density at radius 1 is 1.32 bits per heavy atom. The van der Waals surface area contributed by atoms with Gasteiger partial charge in [-0.15, -0.1) is 11.3 Å². The summed E-state index contributed by atoms with van der Waals surface area (Å²) < 4.78 is 1.21. The van der Waals surface area contributed by atoms with E-state index in [0.717, 1.165) is 37.9 Å². The predicted octanol–water partition coefficient (Wildman–Crippen LogP) is 1.69. The summed E-state index contributed by atoms with van der Waals surface area (Å²) in [5.74, 6) is 1.97. The standard InChI is InChI=1S/C18H27N3S/c1-5-19-18(21-10-8-20(4)9-11-21)17-14(3)22-16-12-13(2)6-7-15(16)17/h5,13H,3,6-12H2,1-2,4H3/b18-17-,19-5-. The lowest BCUT2D eigenvalue weighted by Gasteiger charge is -2.34. The van der Waals surface area contributed by atoms with Crippen LogP contribution in [0.3, 0.4) is 0 Å². The van der Waals surface area contributed by atoms with Gasteiger partial charge in [0.25, 0.3) is 0 Å². The summed E-state index contributed by atoms with van der Waals surface area (Å²) in [6.45, 7) is 13.1. The second-order valence-electron chi connectivity index (χ2n) is 6.65. The number of hydrogen-bond acceptors (Lipinski definition) is 4. The van der Waals surface area contributed by atoms with E-state index >= 15 is 0 Å². The number of rotatable bonds is 2. The van der Waals surface area contributed by atoms with Crippen LogP contribution in [0, 0.1) is 5.92 Å². The van der Waals surface area contributed by atoms with E-state index in [9.17, 15) is 0 Å². The largest absolute Gasteiger partial charge is 0.354 e. The van der Waals surface area contributed by atoms with E-state index in [1.165, 1.54) is 34.6 Å². The zero-order valence-electron chi connectivity index (χ0n) is 14.1. The summed E-state index contributed by atoms with van der Waals surface area (Å²) >= 11 is 1.90.